The highest BCUT2D eigenvalue weighted by Gasteiger charge is 2.42. The number of carbonyl (C=O) groups excluding carboxylic acids is 1. The van der Waals surface area contributed by atoms with Crippen LogP contribution in [0.5, 0.6) is 5.75 Å². The molecule has 2 heterocycles. The molecule has 6 heteroatoms. The summed E-state index contributed by atoms with van der Waals surface area (Å²) in [6.45, 7) is 14.5. The second kappa shape index (κ2) is 8.06. The molecule has 6 nitrogen and oxygen atoms in total. The quantitative estimate of drug-likeness (QED) is 0.736. The molecule has 1 aliphatic rings. The van der Waals surface area contributed by atoms with Crippen molar-refractivity contribution in [2.24, 2.45) is 0 Å². The maximum absolute atomic E-state index is 12.9. The van der Waals surface area contributed by atoms with Crippen LogP contribution in [-0.2, 0) is 11.2 Å². The highest BCUT2D eigenvalue weighted by molar-refractivity contribution is 5.88. The van der Waals surface area contributed by atoms with Crippen LogP contribution in [-0.4, -0.2) is 29.1 Å². The van der Waals surface area contributed by atoms with E-state index in [0.29, 0.717) is 17.8 Å². The van der Waals surface area contributed by atoms with Crippen LogP contribution in [0.25, 0.3) is 11.0 Å². The molecule has 1 aliphatic heterocycles. The Morgan fingerprint density at radius 2 is 1.87 bits per heavy atom. The predicted octanol–water partition coefficient (Wildman–Crippen LogP) is 2.83. The molecule has 0 radical (unpaired) electrons. The summed E-state index contributed by atoms with van der Waals surface area (Å²) < 4.78 is 11.5. The molecule has 1 atom stereocenters. The van der Waals surface area contributed by atoms with Crippen molar-refractivity contribution in [1.82, 2.24) is 5.32 Å². The normalized spacial score (nSPS) is 19.4. The number of hydrogen-bond acceptors (Lipinski definition) is 4. The lowest BCUT2D eigenvalue weighted by Gasteiger charge is -2.43. The molecule has 1 aromatic carbocycles. The summed E-state index contributed by atoms with van der Waals surface area (Å²) in [6, 6.07) is 5.33. The van der Waals surface area contributed by atoms with Crippen molar-refractivity contribution in [1.29, 1.82) is 0 Å². The zero-order chi connectivity index (χ0) is 22.3. The van der Waals surface area contributed by atoms with Crippen molar-refractivity contribution >= 4 is 16.9 Å². The molecule has 1 saturated heterocycles. The lowest BCUT2D eigenvalue weighted by Crippen LogP contribution is -3.06. The minimum atomic E-state index is -0.663. The number of nitrogens with one attached hydrogen (secondary N) is 1. The zero-order valence-electron chi connectivity index (χ0n) is 19.2. The number of aryl methyl sites for hydroxylation is 2. The molecule has 1 aromatic heterocycles. The van der Waals surface area contributed by atoms with Crippen LogP contribution in [0.15, 0.2) is 27.4 Å². The van der Waals surface area contributed by atoms with Crippen molar-refractivity contribution in [2.45, 2.75) is 91.0 Å². The third-order valence-electron chi connectivity index (χ3n) is 5.76. The van der Waals surface area contributed by atoms with Gasteiger partial charge >= 0.3 is 5.63 Å². The summed E-state index contributed by atoms with van der Waals surface area (Å²) in [6.07, 6.45) is 1.83. The van der Waals surface area contributed by atoms with E-state index in [-0.39, 0.29) is 28.7 Å². The van der Waals surface area contributed by atoms with Gasteiger partial charge in [-0.25, -0.2) is 4.79 Å². The second-order valence-electron chi connectivity index (χ2n) is 10.1. The number of rotatable bonds is 5. The van der Waals surface area contributed by atoms with Crippen LogP contribution in [0, 0.1) is 6.92 Å². The van der Waals surface area contributed by atoms with Crippen LogP contribution >= 0.6 is 0 Å². The summed E-state index contributed by atoms with van der Waals surface area (Å²) in [4.78, 5) is 24.8. The van der Waals surface area contributed by atoms with Gasteiger partial charge in [0.1, 0.15) is 11.3 Å². The molecule has 30 heavy (non-hydrogen) atoms. The van der Waals surface area contributed by atoms with E-state index >= 15 is 0 Å². The van der Waals surface area contributed by atoms with Crippen LogP contribution in [0.3, 0.4) is 0 Å². The van der Waals surface area contributed by atoms with Gasteiger partial charge in [-0.2, -0.15) is 0 Å². The predicted molar refractivity (Wildman–Crippen MR) is 118 cm³/mol. The van der Waals surface area contributed by atoms with Crippen molar-refractivity contribution in [3.63, 3.8) is 0 Å². The molecule has 1 amide bonds. The maximum Gasteiger partial charge on any atom is 0.336 e. The monoisotopic (exact) mass is 415 g/mol. The van der Waals surface area contributed by atoms with Crippen molar-refractivity contribution < 1.29 is 19.3 Å². The van der Waals surface area contributed by atoms with E-state index in [1.54, 1.807) is 6.92 Å². The lowest BCUT2D eigenvalue weighted by molar-refractivity contribution is -0.787. The summed E-state index contributed by atoms with van der Waals surface area (Å²) in [7, 11) is 0. The van der Waals surface area contributed by atoms with Gasteiger partial charge in [-0.05, 0) is 71.2 Å². The fourth-order valence-corrected chi connectivity index (χ4v) is 5.02. The van der Waals surface area contributed by atoms with Crippen LogP contribution < -0.4 is 21.0 Å². The minimum absolute atomic E-state index is 0.0735. The van der Waals surface area contributed by atoms with Crippen LogP contribution in [0.1, 0.15) is 65.5 Å². The Balaban J connectivity index is 1.82. The van der Waals surface area contributed by atoms with E-state index < -0.39 is 6.10 Å². The van der Waals surface area contributed by atoms with E-state index in [0.717, 1.165) is 29.4 Å². The van der Waals surface area contributed by atoms with Gasteiger partial charge in [0, 0.05) is 24.9 Å². The van der Waals surface area contributed by atoms with Crippen molar-refractivity contribution in [3.05, 3.63) is 39.7 Å². The molecule has 2 aromatic rings. The Morgan fingerprint density at radius 3 is 2.47 bits per heavy atom. The van der Waals surface area contributed by atoms with Gasteiger partial charge in [-0.15, -0.1) is 0 Å². The third kappa shape index (κ3) is 5.04. The molecule has 0 spiro atoms. The number of benzene rings is 1. The molecule has 1 fully saturated rings. The highest BCUT2D eigenvalue weighted by atomic mass is 16.5. The molecular weight excluding hydrogens is 380 g/mol. The molecule has 0 aliphatic carbocycles. The van der Waals surface area contributed by atoms with Gasteiger partial charge in [0.05, 0.1) is 16.5 Å². The van der Waals surface area contributed by atoms with Gasteiger partial charge in [-0.3, -0.25) is 4.79 Å². The number of amides is 1. The average molecular weight is 416 g/mol. The van der Waals surface area contributed by atoms with E-state index in [4.69, 9.17) is 9.15 Å². The van der Waals surface area contributed by atoms with Crippen molar-refractivity contribution in [3.8, 4) is 5.75 Å². The third-order valence-corrected chi connectivity index (χ3v) is 5.76. The zero-order valence-corrected chi connectivity index (χ0v) is 19.2. The fraction of sp³-hybridized carbons (Fsp3) is 0.583. The van der Waals surface area contributed by atoms with E-state index in [9.17, 15) is 9.59 Å². The van der Waals surface area contributed by atoms with Crippen LogP contribution in [0.4, 0.5) is 0 Å². The topological polar surface area (TPSA) is 85.1 Å². The Hall–Kier alpha value is -2.34. The first-order chi connectivity index (χ1) is 13.9. The molecule has 0 unspecified atom stereocenters. The number of hydrogen-bond donors (Lipinski definition) is 2. The summed E-state index contributed by atoms with van der Waals surface area (Å²) >= 11 is 0. The standard InChI is InChI=1S/C24H34N2O4/c1-8-16-11-20(27)30-19-10-14(2)9-18(21(16)19)29-15(3)22(28)25-17-12-23(4,5)26-24(6,7)13-17/h9-11,15,17,26H,8,12-13H2,1-7H3,(H,25,28)/p+1/t15-/m1/s1. The second-order valence-corrected chi connectivity index (χ2v) is 10.1. The van der Waals surface area contributed by atoms with Gasteiger partial charge < -0.3 is 19.8 Å². The highest BCUT2D eigenvalue weighted by Crippen LogP contribution is 2.31. The SMILES string of the molecule is CCc1cc(=O)oc2cc(C)cc(O[C@H](C)C(=O)NC3CC(C)(C)[NH2+]C(C)(C)C3)c12. The molecule has 164 valence electrons. The van der Waals surface area contributed by atoms with Crippen molar-refractivity contribution in [2.75, 3.05) is 0 Å². The van der Waals surface area contributed by atoms with E-state index in [2.05, 4.69) is 38.3 Å². The fourth-order valence-electron chi connectivity index (χ4n) is 5.02. The number of nitrogens with two attached hydrogens (primary N) is 1. The first kappa shape index (κ1) is 22.3. The minimum Gasteiger partial charge on any atom is -0.480 e. The van der Waals surface area contributed by atoms with Gasteiger partial charge in [0.15, 0.2) is 6.10 Å². The Bertz CT molecular complexity index is 990. The summed E-state index contributed by atoms with van der Waals surface area (Å²) in [5.74, 6) is 0.449. The summed E-state index contributed by atoms with van der Waals surface area (Å²) in [5, 5.41) is 6.34. The van der Waals surface area contributed by atoms with E-state index in [1.807, 2.05) is 26.0 Å². The first-order valence-electron chi connectivity index (χ1n) is 10.8. The number of fused-ring (bicyclic) bond motifs is 1. The molecule has 0 saturated carbocycles. The smallest absolute Gasteiger partial charge is 0.336 e. The average Bonchev–Trinajstić information content (AvgIpc) is 2.57. The van der Waals surface area contributed by atoms with Crippen LogP contribution in [0.2, 0.25) is 0 Å². The Morgan fingerprint density at radius 1 is 1.23 bits per heavy atom. The van der Waals surface area contributed by atoms with Gasteiger partial charge in [0.25, 0.3) is 5.91 Å². The molecule has 3 N–H and O–H groups in total. The Kier molecular flexibility index (Phi) is 6.01. The summed E-state index contributed by atoms with van der Waals surface area (Å²) in [5.41, 5.74) is 2.03. The lowest BCUT2D eigenvalue weighted by atomic mass is 9.79. The van der Waals surface area contributed by atoms with Gasteiger partial charge in [-0.1, -0.05) is 6.92 Å². The molecule has 0 bridgehead atoms. The maximum atomic E-state index is 12.9. The number of piperidine rings is 1. The number of ether oxygens (including phenoxy) is 1. The largest absolute Gasteiger partial charge is 0.480 e. The molecular formula is C24H35N2O4+. The first-order valence-corrected chi connectivity index (χ1v) is 10.8. The van der Waals surface area contributed by atoms with Gasteiger partial charge in [0.2, 0.25) is 0 Å². The number of carbonyl (C=O) groups is 1. The van der Waals surface area contributed by atoms with E-state index in [1.165, 1.54) is 6.07 Å². The number of quaternary nitrogens is 1. The molecule has 3 rings (SSSR count). The Labute approximate surface area is 178 Å².